The molecule has 5 heterocycles. The van der Waals surface area contributed by atoms with Gasteiger partial charge < -0.3 is 13.3 Å². The molecule has 0 N–H and O–H groups in total. The average Bonchev–Trinajstić information content (AvgIpc) is 1.64. The fraction of sp³-hybridized carbons (Fsp3) is 0.263. The van der Waals surface area contributed by atoms with Gasteiger partial charge in [0.15, 0.2) is 0 Å². The van der Waals surface area contributed by atoms with Crippen LogP contribution in [0.1, 0.15) is 207 Å². The molecule has 14 aromatic carbocycles. The predicted molar refractivity (Wildman–Crippen MR) is 520 cm³/mol. The third-order valence-corrected chi connectivity index (χ3v) is 25.7. The molecule has 0 aliphatic heterocycles. The fourth-order valence-electron chi connectivity index (χ4n) is 16.7. The highest BCUT2D eigenvalue weighted by Crippen LogP contribution is 2.45. The maximum Gasteiger partial charge on any atom is 0.139 e. The van der Waals surface area contributed by atoms with Crippen LogP contribution in [-0.4, -0.2) is 0 Å². The van der Waals surface area contributed by atoms with Crippen molar-refractivity contribution in [1.29, 1.82) is 0 Å². The Bertz CT molecular complexity index is 6520. The van der Waals surface area contributed by atoms with E-state index in [1.54, 1.807) is 0 Å². The molecule has 3 nitrogen and oxygen atoms in total. The largest absolute Gasteiger partial charge is 0.456 e. The molecule has 21 rings (SSSR count). The van der Waals surface area contributed by atoms with E-state index in [0.717, 1.165) is 46.3 Å². The SMILES string of the molecule is CC(C)(C)c1ccc2c(c1)Cc1ccccc1-2.CC(C)(C)c1ccc2c(c1)Cc1ccccc1-2.CC(C)(C)c1ccc2oc3ccccc3c2c1.CC(C)(C)c1ccc2sc3ccccc3c2c1.CC(C)(C)c1cccc2c1oc1ccccc12.CC(C)(C)c1cccc2oc3ccccc3c12.CC(C)(C)c1cccc2sc3ccccc3c12. The minimum Gasteiger partial charge on any atom is -0.456 e. The fourth-order valence-corrected chi connectivity index (χ4v) is 19.0. The Morgan fingerprint density at radius 3 is 1.08 bits per heavy atom. The number of furan rings is 3. The van der Waals surface area contributed by atoms with Gasteiger partial charge in [0.05, 0.1) is 0 Å². The summed E-state index contributed by atoms with van der Waals surface area (Å²) in [6, 6.07) is 106. The van der Waals surface area contributed by atoms with E-state index >= 15 is 0 Å². The molecule has 0 unspecified atom stereocenters. The number of rotatable bonds is 0. The topological polar surface area (TPSA) is 39.4 Å². The Kier molecular flexibility index (Phi) is 22.7. The van der Waals surface area contributed by atoms with Gasteiger partial charge in [-0.1, -0.05) is 376 Å². The molecule has 5 heteroatoms. The Morgan fingerprint density at radius 2 is 0.538 bits per heavy atom. The van der Waals surface area contributed by atoms with Crippen molar-refractivity contribution in [3.05, 3.63) is 358 Å². The molecule has 0 atom stereocenters. The number of benzene rings is 14. The van der Waals surface area contributed by atoms with Crippen molar-refractivity contribution in [3.63, 3.8) is 0 Å². The van der Waals surface area contributed by atoms with Crippen LogP contribution in [0.15, 0.2) is 311 Å². The van der Waals surface area contributed by atoms with E-state index in [9.17, 15) is 0 Å². The minimum absolute atomic E-state index is 0.105. The van der Waals surface area contributed by atoms with Crippen LogP contribution in [0.2, 0.25) is 0 Å². The average molecular weight is 1600 g/mol. The van der Waals surface area contributed by atoms with Gasteiger partial charge in [-0.25, -0.2) is 0 Å². The third-order valence-electron chi connectivity index (χ3n) is 23.4. The second kappa shape index (κ2) is 32.6. The quantitative estimate of drug-likeness (QED) is 0.152. The van der Waals surface area contributed by atoms with Crippen LogP contribution in [0, 0.1) is 0 Å². The summed E-state index contributed by atoms with van der Waals surface area (Å²) >= 11 is 3.77. The van der Waals surface area contributed by atoms with E-state index in [2.05, 4.69) is 400 Å². The summed E-state index contributed by atoms with van der Waals surface area (Å²) in [5.41, 5.74) is 28.5. The van der Waals surface area contributed by atoms with Gasteiger partial charge in [-0.05, 0) is 195 Å². The van der Waals surface area contributed by atoms with E-state index < -0.39 is 0 Å². The van der Waals surface area contributed by atoms with Gasteiger partial charge in [0.25, 0.3) is 0 Å². The lowest BCUT2D eigenvalue weighted by atomic mass is 9.84. The number of hydrogen-bond acceptors (Lipinski definition) is 5. The van der Waals surface area contributed by atoms with Gasteiger partial charge in [0.2, 0.25) is 0 Å². The van der Waals surface area contributed by atoms with Crippen LogP contribution in [0.3, 0.4) is 0 Å². The normalized spacial score (nSPS) is 12.7. The number of thiophene rings is 2. The van der Waals surface area contributed by atoms with Crippen molar-refractivity contribution >= 4 is 129 Å². The summed E-state index contributed by atoms with van der Waals surface area (Å²) in [4.78, 5) is 0. The Hall–Kier alpha value is -11.1. The standard InChI is InChI=1S/2C17H18.3C16H16O.2C16H16S/c2*1-17(2,3)14-8-9-16-13(11-14)10-12-6-4-5-7-15(12)16;1-16(2,3)13-9-6-8-12-11-7-4-5-10-14(11)17-15(12)13;1-16(2,3)12-8-6-10-14-15(12)11-7-4-5-9-13(11)17-14;1-16(2,3)11-8-9-15-13(10-11)12-6-4-5-7-14(12)17-15;1-16(2,3)12-8-6-10-14-15(12)11-7-4-5-9-13(11)17-14;1-16(2,3)11-8-9-15-13(10-11)12-6-4-5-7-14(12)17-15/h2*4-9,11H,10H2,1-3H3;5*4-10H,1-3H3. The Morgan fingerprint density at radius 1 is 0.202 bits per heavy atom. The highest BCUT2D eigenvalue weighted by molar-refractivity contribution is 7.26. The van der Waals surface area contributed by atoms with E-state index in [1.807, 2.05) is 65.1 Å². The lowest BCUT2D eigenvalue weighted by Crippen LogP contribution is -2.11. The van der Waals surface area contributed by atoms with Crippen molar-refractivity contribution < 1.29 is 13.3 Å². The Labute approximate surface area is 713 Å². The first kappa shape index (κ1) is 83.0. The molecule has 2 aliphatic carbocycles. The van der Waals surface area contributed by atoms with E-state index in [4.69, 9.17) is 13.3 Å². The molecule has 0 saturated heterocycles. The second-order valence-electron chi connectivity index (χ2n) is 39.6. The zero-order valence-electron chi connectivity index (χ0n) is 73.7. The van der Waals surface area contributed by atoms with Crippen LogP contribution in [-0.2, 0) is 50.7 Å². The van der Waals surface area contributed by atoms with Crippen LogP contribution < -0.4 is 0 Å². The second-order valence-corrected chi connectivity index (χ2v) is 41.8. The van der Waals surface area contributed by atoms with Gasteiger partial charge in [-0.3, -0.25) is 0 Å². The molecule has 0 fully saturated rings. The molecule has 2 aliphatic rings. The molecule has 119 heavy (non-hydrogen) atoms. The van der Waals surface area contributed by atoms with Crippen LogP contribution in [0.4, 0.5) is 0 Å². The number of fused-ring (bicyclic) bond motifs is 21. The summed E-state index contributed by atoms with van der Waals surface area (Å²) in [6.45, 7) is 47.4. The lowest BCUT2D eigenvalue weighted by Gasteiger charge is -2.20. The van der Waals surface area contributed by atoms with Crippen molar-refractivity contribution in [2.75, 3.05) is 0 Å². The van der Waals surface area contributed by atoms with Crippen molar-refractivity contribution in [3.8, 4) is 22.3 Å². The molecule has 0 spiro atoms. The molecule has 602 valence electrons. The smallest absolute Gasteiger partial charge is 0.139 e. The maximum absolute atomic E-state index is 6.01. The molecule has 19 aromatic rings. The lowest BCUT2D eigenvalue weighted by molar-refractivity contribution is 0.573. The van der Waals surface area contributed by atoms with E-state index in [1.165, 1.54) is 156 Å². The Balaban J connectivity index is 0.000000108. The summed E-state index contributed by atoms with van der Waals surface area (Å²) < 4.78 is 23.3. The van der Waals surface area contributed by atoms with Crippen LogP contribution in [0.25, 0.3) is 128 Å². The monoisotopic (exact) mass is 1600 g/mol. The molecule has 5 aromatic heterocycles. The molecule has 0 saturated carbocycles. The number of hydrogen-bond donors (Lipinski definition) is 0. The van der Waals surface area contributed by atoms with Crippen molar-refractivity contribution in [1.82, 2.24) is 0 Å². The van der Waals surface area contributed by atoms with E-state index in [-0.39, 0.29) is 37.9 Å². The van der Waals surface area contributed by atoms with Gasteiger partial charge in [-0.15, -0.1) is 22.7 Å². The zero-order chi connectivity index (χ0) is 84.3. The first-order valence-corrected chi connectivity index (χ1v) is 44.1. The number of para-hydroxylation sites is 4. The van der Waals surface area contributed by atoms with Crippen molar-refractivity contribution in [2.45, 2.75) is 196 Å². The van der Waals surface area contributed by atoms with Crippen LogP contribution >= 0.6 is 22.7 Å². The molecule has 0 radical (unpaired) electrons. The molecular formula is C114H116O3S2. The first-order chi connectivity index (χ1) is 56.4. The third kappa shape index (κ3) is 17.7. The zero-order valence-corrected chi connectivity index (χ0v) is 75.4. The van der Waals surface area contributed by atoms with E-state index in [0.29, 0.717) is 0 Å². The highest BCUT2D eigenvalue weighted by Gasteiger charge is 2.27. The summed E-state index contributed by atoms with van der Waals surface area (Å²) in [6.07, 6.45) is 2.19. The predicted octanol–water partition coefficient (Wildman–Crippen LogP) is 34.5. The van der Waals surface area contributed by atoms with Crippen LogP contribution in [0.5, 0.6) is 0 Å². The highest BCUT2D eigenvalue weighted by atomic mass is 32.1. The maximum atomic E-state index is 6.01. The van der Waals surface area contributed by atoms with Gasteiger partial charge in [0, 0.05) is 78.2 Å². The molecule has 0 amide bonds. The van der Waals surface area contributed by atoms with Gasteiger partial charge in [0.1, 0.15) is 33.5 Å². The summed E-state index contributed by atoms with van der Waals surface area (Å²) in [7, 11) is 0. The van der Waals surface area contributed by atoms with Crippen molar-refractivity contribution in [2.24, 2.45) is 0 Å². The van der Waals surface area contributed by atoms with Gasteiger partial charge >= 0.3 is 0 Å². The summed E-state index contributed by atoms with van der Waals surface area (Å²) in [5.74, 6) is 0. The minimum atomic E-state index is 0.105. The molecule has 0 bridgehead atoms. The summed E-state index contributed by atoms with van der Waals surface area (Å²) in [5, 5.41) is 12.9. The van der Waals surface area contributed by atoms with Gasteiger partial charge in [-0.2, -0.15) is 0 Å². The first-order valence-electron chi connectivity index (χ1n) is 42.4. The molecular weight excluding hydrogens is 1480 g/mol.